The number of hydrogen-bond acceptors (Lipinski definition) is 3. The Hall–Kier alpha value is -2.62. The Morgan fingerprint density at radius 2 is 2.00 bits per heavy atom. The summed E-state index contributed by atoms with van der Waals surface area (Å²) in [6.07, 6.45) is 9.52. The predicted octanol–water partition coefficient (Wildman–Crippen LogP) is 3.23. The summed E-state index contributed by atoms with van der Waals surface area (Å²) >= 11 is 0. The second kappa shape index (κ2) is 6.65. The summed E-state index contributed by atoms with van der Waals surface area (Å²) in [5.74, 6) is -0.556. The van der Waals surface area contributed by atoms with Crippen LogP contribution in [0.2, 0.25) is 0 Å². The summed E-state index contributed by atoms with van der Waals surface area (Å²) in [6.45, 7) is 2.75. The molecule has 0 aromatic heterocycles. The average molecular weight is 309 g/mol. The molecule has 4 heteroatoms. The molecule has 3 rings (SSSR count). The van der Waals surface area contributed by atoms with Crippen molar-refractivity contribution >= 4 is 11.9 Å². The standard InChI is InChI=1S/C19H19NO3/c1-2-3-13-20-16-12-8-7-11-15(16)17(18(20)21)23-19(22)14-9-5-4-6-10-14/h4-12,16H,2-3,13H2,1H3. The molecule has 0 N–H and O–H groups in total. The molecule has 2 aliphatic rings. The molecule has 1 aliphatic carbocycles. The molecule has 0 spiro atoms. The zero-order valence-electron chi connectivity index (χ0n) is 13.1. The van der Waals surface area contributed by atoms with Crippen LogP contribution >= 0.6 is 0 Å². The minimum absolute atomic E-state index is 0.127. The zero-order valence-corrected chi connectivity index (χ0v) is 13.1. The van der Waals surface area contributed by atoms with Gasteiger partial charge in [0.25, 0.3) is 5.91 Å². The van der Waals surface area contributed by atoms with Crippen molar-refractivity contribution < 1.29 is 14.3 Å². The van der Waals surface area contributed by atoms with Crippen molar-refractivity contribution in [3.63, 3.8) is 0 Å². The van der Waals surface area contributed by atoms with Crippen LogP contribution in [0.15, 0.2) is 66.0 Å². The monoisotopic (exact) mass is 309 g/mol. The molecule has 1 atom stereocenters. The number of allylic oxidation sites excluding steroid dienone is 2. The van der Waals surface area contributed by atoms with Crippen LogP contribution in [0.25, 0.3) is 0 Å². The molecular formula is C19H19NO3. The Bertz CT molecular complexity index is 701. The van der Waals surface area contributed by atoms with Gasteiger partial charge >= 0.3 is 5.97 Å². The smallest absolute Gasteiger partial charge is 0.343 e. The van der Waals surface area contributed by atoms with Gasteiger partial charge in [-0.05, 0) is 18.6 Å². The summed E-state index contributed by atoms with van der Waals surface area (Å²) in [7, 11) is 0. The molecule has 1 aromatic rings. The van der Waals surface area contributed by atoms with Crippen LogP contribution in [-0.4, -0.2) is 29.4 Å². The third-order valence-electron chi connectivity index (χ3n) is 4.01. The molecule has 4 nitrogen and oxygen atoms in total. The fourth-order valence-corrected chi connectivity index (χ4v) is 2.79. The van der Waals surface area contributed by atoms with Gasteiger partial charge in [0, 0.05) is 12.1 Å². The van der Waals surface area contributed by atoms with E-state index in [4.69, 9.17) is 4.74 Å². The molecule has 1 amide bonds. The molecule has 23 heavy (non-hydrogen) atoms. The van der Waals surface area contributed by atoms with E-state index in [1.807, 2.05) is 30.4 Å². The van der Waals surface area contributed by atoms with Crippen molar-refractivity contribution in [1.82, 2.24) is 4.90 Å². The lowest BCUT2D eigenvalue weighted by molar-refractivity contribution is -0.129. The van der Waals surface area contributed by atoms with Crippen molar-refractivity contribution in [1.29, 1.82) is 0 Å². The molecule has 1 unspecified atom stereocenters. The number of rotatable bonds is 5. The van der Waals surface area contributed by atoms with Crippen molar-refractivity contribution in [2.45, 2.75) is 25.8 Å². The Labute approximate surface area is 135 Å². The fourth-order valence-electron chi connectivity index (χ4n) is 2.79. The van der Waals surface area contributed by atoms with E-state index in [1.54, 1.807) is 29.2 Å². The van der Waals surface area contributed by atoms with E-state index in [-0.39, 0.29) is 17.7 Å². The van der Waals surface area contributed by atoms with Crippen LogP contribution in [0, 0.1) is 0 Å². The van der Waals surface area contributed by atoms with E-state index in [9.17, 15) is 9.59 Å². The molecule has 0 saturated heterocycles. The first-order chi connectivity index (χ1) is 11.2. The highest BCUT2D eigenvalue weighted by Crippen LogP contribution is 2.31. The van der Waals surface area contributed by atoms with Gasteiger partial charge in [0.1, 0.15) is 0 Å². The van der Waals surface area contributed by atoms with E-state index in [0.717, 1.165) is 18.4 Å². The van der Waals surface area contributed by atoms with Crippen LogP contribution in [0.5, 0.6) is 0 Å². The van der Waals surface area contributed by atoms with E-state index in [2.05, 4.69) is 6.92 Å². The molecular weight excluding hydrogens is 290 g/mol. The number of nitrogens with zero attached hydrogens (tertiary/aromatic N) is 1. The predicted molar refractivity (Wildman–Crippen MR) is 87.6 cm³/mol. The Morgan fingerprint density at radius 1 is 1.22 bits per heavy atom. The van der Waals surface area contributed by atoms with Crippen LogP contribution in [0.1, 0.15) is 30.1 Å². The maximum atomic E-state index is 12.7. The number of unbranched alkanes of at least 4 members (excludes halogenated alkanes) is 1. The van der Waals surface area contributed by atoms with Gasteiger partial charge in [0.05, 0.1) is 11.6 Å². The maximum Gasteiger partial charge on any atom is 0.343 e. The molecule has 0 radical (unpaired) electrons. The number of carbonyl (C=O) groups excluding carboxylic acids is 2. The maximum absolute atomic E-state index is 12.7. The number of amides is 1. The van der Waals surface area contributed by atoms with Gasteiger partial charge in [-0.15, -0.1) is 0 Å². The van der Waals surface area contributed by atoms with Gasteiger partial charge in [-0.3, -0.25) is 4.79 Å². The lowest BCUT2D eigenvalue weighted by atomic mass is 10.0. The summed E-state index contributed by atoms with van der Waals surface area (Å²) in [5.41, 5.74) is 1.20. The minimum atomic E-state index is -0.500. The molecule has 1 aliphatic heterocycles. The number of fused-ring (bicyclic) bond motifs is 1. The van der Waals surface area contributed by atoms with Crippen LogP contribution < -0.4 is 0 Å². The summed E-state index contributed by atoms with van der Waals surface area (Å²) < 4.78 is 5.45. The minimum Gasteiger partial charge on any atom is -0.417 e. The average Bonchev–Trinajstić information content (AvgIpc) is 2.86. The second-order valence-corrected chi connectivity index (χ2v) is 5.58. The van der Waals surface area contributed by atoms with E-state index in [1.165, 1.54) is 0 Å². The Balaban J connectivity index is 1.85. The summed E-state index contributed by atoms with van der Waals surface area (Å²) in [4.78, 5) is 26.7. The first kappa shape index (κ1) is 15.3. The quantitative estimate of drug-likeness (QED) is 0.785. The number of esters is 1. The zero-order chi connectivity index (χ0) is 16.2. The van der Waals surface area contributed by atoms with Crippen molar-refractivity contribution in [2.24, 2.45) is 0 Å². The largest absolute Gasteiger partial charge is 0.417 e. The Morgan fingerprint density at radius 3 is 2.74 bits per heavy atom. The van der Waals surface area contributed by atoms with Crippen LogP contribution in [0.4, 0.5) is 0 Å². The molecule has 118 valence electrons. The van der Waals surface area contributed by atoms with Crippen molar-refractivity contribution in [2.75, 3.05) is 6.54 Å². The van der Waals surface area contributed by atoms with Crippen molar-refractivity contribution in [3.8, 4) is 0 Å². The SMILES string of the molecule is CCCCN1C(=O)C(OC(=O)c2ccccc2)=C2C=CC=CC21. The lowest BCUT2D eigenvalue weighted by Gasteiger charge is -2.24. The van der Waals surface area contributed by atoms with Crippen LogP contribution in [-0.2, 0) is 9.53 Å². The highest BCUT2D eigenvalue weighted by atomic mass is 16.5. The van der Waals surface area contributed by atoms with Gasteiger partial charge in [0.15, 0.2) is 0 Å². The number of carbonyl (C=O) groups is 2. The third-order valence-corrected chi connectivity index (χ3v) is 4.01. The first-order valence-corrected chi connectivity index (χ1v) is 7.89. The van der Waals surface area contributed by atoms with E-state index >= 15 is 0 Å². The van der Waals surface area contributed by atoms with Gasteiger partial charge < -0.3 is 9.64 Å². The highest BCUT2D eigenvalue weighted by molar-refractivity contribution is 6.01. The normalized spacial score (nSPS) is 19.3. The lowest BCUT2D eigenvalue weighted by Crippen LogP contribution is -2.35. The summed E-state index contributed by atoms with van der Waals surface area (Å²) in [5, 5.41) is 0. The number of hydrogen-bond donors (Lipinski definition) is 0. The van der Waals surface area contributed by atoms with Crippen molar-refractivity contribution in [3.05, 3.63) is 71.5 Å². The third kappa shape index (κ3) is 2.97. The van der Waals surface area contributed by atoms with Gasteiger partial charge in [-0.1, -0.05) is 55.8 Å². The Kier molecular flexibility index (Phi) is 4.42. The van der Waals surface area contributed by atoms with E-state index < -0.39 is 5.97 Å². The highest BCUT2D eigenvalue weighted by Gasteiger charge is 2.39. The molecule has 0 fully saturated rings. The first-order valence-electron chi connectivity index (χ1n) is 7.89. The topological polar surface area (TPSA) is 46.6 Å². The fraction of sp³-hybridized carbons (Fsp3) is 0.263. The molecule has 1 heterocycles. The van der Waals surface area contributed by atoms with Gasteiger partial charge in [-0.25, -0.2) is 4.79 Å². The van der Waals surface area contributed by atoms with Crippen LogP contribution in [0.3, 0.4) is 0 Å². The second-order valence-electron chi connectivity index (χ2n) is 5.58. The van der Waals surface area contributed by atoms with Gasteiger partial charge in [-0.2, -0.15) is 0 Å². The summed E-state index contributed by atoms with van der Waals surface area (Å²) in [6, 6.07) is 8.59. The van der Waals surface area contributed by atoms with Gasteiger partial charge in [0.2, 0.25) is 5.76 Å². The molecule has 1 aromatic carbocycles. The van der Waals surface area contributed by atoms with E-state index in [0.29, 0.717) is 12.1 Å². The molecule has 0 saturated carbocycles. The molecule has 0 bridgehead atoms. The number of benzene rings is 1. The number of ether oxygens (including phenoxy) is 1.